The van der Waals surface area contributed by atoms with Gasteiger partial charge in [0, 0.05) is 18.8 Å². The molecule has 0 saturated heterocycles. The molecule has 0 unspecified atom stereocenters. The van der Waals surface area contributed by atoms with Gasteiger partial charge in [-0.25, -0.2) is 4.39 Å². The summed E-state index contributed by atoms with van der Waals surface area (Å²) in [5, 5.41) is 0. The Bertz CT molecular complexity index is 391. The zero-order valence-electron chi connectivity index (χ0n) is 10.5. The third kappa shape index (κ3) is 5.44. The van der Waals surface area contributed by atoms with Crippen LogP contribution in [0.15, 0.2) is 36.3 Å². The Kier molecular flexibility index (Phi) is 7.77. The molecule has 0 aliphatic rings. The molecule has 18 heavy (non-hydrogen) atoms. The van der Waals surface area contributed by atoms with E-state index in [2.05, 4.69) is 6.58 Å². The maximum absolute atomic E-state index is 12.7. The fourth-order valence-electron chi connectivity index (χ4n) is 1.39. The van der Waals surface area contributed by atoms with E-state index in [-0.39, 0.29) is 57.9 Å². The second-order valence-corrected chi connectivity index (χ2v) is 3.72. The normalized spacial score (nSPS) is 10.7. The minimum Gasteiger partial charge on any atom is -0.445 e. The summed E-state index contributed by atoms with van der Waals surface area (Å²) in [4.78, 5) is 1.50. The van der Waals surface area contributed by atoms with Gasteiger partial charge in [0.15, 0.2) is 0 Å². The van der Waals surface area contributed by atoms with Crippen LogP contribution in [0.25, 0.3) is 0 Å². The molecule has 1 rings (SSSR count). The molecule has 0 aliphatic heterocycles. The van der Waals surface area contributed by atoms with Crippen molar-refractivity contribution < 1.29 is 68.7 Å². The number of hydrogen-bond donors (Lipinski definition) is 0. The zero-order valence-corrected chi connectivity index (χ0v) is 13.6. The van der Waals surface area contributed by atoms with Crippen molar-refractivity contribution in [3.05, 3.63) is 42.1 Å². The van der Waals surface area contributed by atoms with Crippen molar-refractivity contribution in [3.63, 3.8) is 0 Å². The topological polar surface area (TPSA) is 3.24 Å². The minimum atomic E-state index is -5.02. The number of anilines is 1. The van der Waals surface area contributed by atoms with Gasteiger partial charge in [0.25, 0.3) is 0 Å². The van der Waals surface area contributed by atoms with E-state index in [1.54, 1.807) is 6.92 Å². The van der Waals surface area contributed by atoms with Crippen LogP contribution in [0.4, 0.5) is 23.0 Å². The summed E-state index contributed by atoms with van der Waals surface area (Å²) in [6.45, 7) is -0.131. The third-order valence-corrected chi connectivity index (χ3v) is 2.43. The molecule has 0 N–H and O–H groups in total. The first-order valence-electron chi connectivity index (χ1n) is 5.22. The SMILES string of the molecule is C=C(CN(CC)c1ccc(F)cc1)[B-](F)(F)F.[K+]. The van der Waals surface area contributed by atoms with Gasteiger partial charge in [-0.15, -0.1) is 12.1 Å². The Morgan fingerprint density at radius 1 is 1.22 bits per heavy atom. The Balaban J connectivity index is 0.00000289. The van der Waals surface area contributed by atoms with Crippen LogP contribution in [0.5, 0.6) is 0 Å². The number of nitrogens with zero attached hydrogens (tertiary/aromatic N) is 1. The molecule has 0 aromatic heterocycles. The van der Waals surface area contributed by atoms with E-state index >= 15 is 0 Å². The van der Waals surface area contributed by atoms with Crippen LogP contribution in [0.3, 0.4) is 0 Å². The first kappa shape index (κ1) is 18.2. The molecule has 0 atom stereocenters. The minimum absolute atomic E-state index is 0. The number of benzene rings is 1. The molecule has 1 nitrogen and oxygen atoms in total. The summed E-state index contributed by atoms with van der Waals surface area (Å²) >= 11 is 0. The molecule has 0 fully saturated rings. The molecule has 0 bridgehead atoms. The Hall–Kier alpha value is 0.181. The molecule has 0 aliphatic carbocycles. The maximum Gasteiger partial charge on any atom is 1.00 e. The maximum atomic E-state index is 12.7. The van der Waals surface area contributed by atoms with E-state index in [0.717, 1.165) is 0 Å². The van der Waals surface area contributed by atoms with Gasteiger partial charge >= 0.3 is 58.4 Å². The molecular weight excluding hydrogens is 272 g/mol. The average Bonchev–Trinajstić information content (AvgIpc) is 2.25. The Labute approximate surface area is 147 Å². The molecule has 0 saturated carbocycles. The molecule has 94 valence electrons. The fourth-order valence-corrected chi connectivity index (χ4v) is 1.39. The number of halogens is 4. The third-order valence-electron chi connectivity index (χ3n) is 2.43. The van der Waals surface area contributed by atoms with Gasteiger partial charge < -0.3 is 17.8 Å². The molecule has 0 heterocycles. The van der Waals surface area contributed by atoms with E-state index in [0.29, 0.717) is 12.2 Å². The van der Waals surface area contributed by atoms with Gasteiger partial charge in [-0.05, 0) is 31.2 Å². The second-order valence-electron chi connectivity index (χ2n) is 3.72. The molecule has 1 aromatic rings. The van der Waals surface area contributed by atoms with Crippen LogP contribution in [-0.4, -0.2) is 20.1 Å². The number of likely N-dealkylation sites (N-methyl/N-ethyl adjacent to an activating group) is 1. The largest absolute Gasteiger partial charge is 1.00 e. The first-order valence-corrected chi connectivity index (χ1v) is 5.22. The fraction of sp³-hybridized carbons (Fsp3) is 0.273. The van der Waals surface area contributed by atoms with Crippen molar-refractivity contribution in [2.75, 3.05) is 18.0 Å². The summed E-state index contributed by atoms with van der Waals surface area (Å²) in [5.41, 5.74) is -0.203. The van der Waals surface area contributed by atoms with Crippen LogP contribution in [0, 0.1) is 5.82 Å². The van der Waals surface area contributed by atoms with E-state index < -0.39 is 18.3 Å². The van der Waals surface area contributed by atoms with Crippen molar-refractivity contribution in [2.45, 2.75) is 6.92 Å². The predicted octanol–water partition coefficient (Wildman–Crippen LogP) is 0.599. The first-order chi connectivity index (χ1) is 7.84. The van der Waals surface area contributed by atoms with Crippen molar-refractivity contribution in [3.8, 4) is 0 Å². The summed E-state index contributed by atoms with van der Waals surface area (Å²) < 4.78 is 49.9. The second kappa shape index (κ2) is 7.69. The predicted molar refractivity (Wildman–Crippen MR) is 62.5 cm³/mol. The molecule has 7 heteroatoms. The summed E-state index contributed by atoms with van der Waals surface area (Å²) in [6.07, 6.45) is 0. The van der Waals surface area contributed by atoms with E-state index in [1.807, 2.05) is 0 Å². The van der Waals surface area contributed by atoms with Gasteiger partial charge in [0.2, 0.25) is 0 Å². The quantitative estimate of drug-likeness (QED) is 0.565. The Morgan fingerprint density at radius 2 is 1.72 bits per heavy atom. The van der Waals surface area contributed by atoms with Crippen LogP contribution in [0.1, 0.15) is 6.92 Å². The van der Waals surface area contributed by atoms with Crippen LogP contribution in [0.2, 0.25) is 0 Å². The monoisotopic (exact) mass is 285 g/mol. The smallest absolute Gasteiger partial charge is 0.445 e. The Morgan fingerprint density at radius 3 is 2.11 bits per heavy atom. The van der Waals surface area contributed by atoms with Gasteiger partial charge in [-0.3, -0.25) is 0 Å². The summed E-state index contributed by atoms with van der Waals surface area (Å²) in [6, 6.07) is 5.35. The van der Waals surface area contributed by atoms with Crippen LogP contribution < -0.4 is 56.3 Å². The molecule has 1 aromatic carbocycles. The van der Waals surface area contributed by atoms with Crippen LogP contribution in [-0.2, 0) is 0 Å². The number of hydrogen-bond acceptors (Lipinski definition) is 1. The summed E-state index contributed by atoms with van der Waals surface area (Å²) in [5.74, 6) is -0.413. The molecule has 0 radical (unpaired) electrons. The van der Waals surface area contributed by atoms with Gasteiger partial charge in [-0.2, -0.15) is 0 Å². The van der Waals surface area contributed by atoms with E-state index in [1.165, 1.54) is 29.2 Å². The van der Waals surface area contributed by atoms with Crippen molar-refractivity contribution >= 4 is 12.7 Å². The van der Waals surface area contributed by atoms with Gasteiger partial charge in [0.1, 0.15) is 5.82 Å². The molecule has 0 spiro atoms. The average molecular weight is 285 g/mol. The van der Waals surface area contributed by atoms with Crippen molar-refractivity contribution in [1.29, 1.82) is 0 Å². The molecule has 0 amide bonds. The van der Waals surface area contributed by atoms with E-state index in [9.17, 15) is 17.3 Å². The van der Waals surface area contributed by atoms with Crippen LogP contribution >= 0.6 is 0 Å². The zero-order chi connectivity index (χ0) is 13.1. The van der Waals surface area contributed by atoms with Gasteiger partial charge in [-0.1, -0.05) is 0 Å². The van der Waals surface area contributed by atoms with Crippen molar-refractivity contribution in [1.82, 2.24) is 0 Å². The van der Waals surface area contributed by atoms with Gasteiger partial charge in [0.05, 0.1) is 0 Å². The van der Waals surface area contributed by atoms with Crippen molar-refractivity contribution in [2.24, 2.45) is 0 Å². The molecular formula is C11H13BF4KN. The standard InChI is InChI=1S/C11H13BF4N.K/c1-3-17(8-9(2)12(14,15)16)11-6-4-10(13)5-7-11;/h4-7H,2-3,8H2,1H3;/q-1;+1. The number of rotatable bonds is 5. The summed E-state index contributed by atoms with van der Waals surface area (Å²) in [7, 11) is 0. The van der Waals surface area contributed by atoms with E-state index in [4.69, 9.17) is 0 Å².